The number of rotatable bonds is 7. The minimum atomic E-state index is 0.750. The molecule has 0 rings (SSSR count). The summed E-state index contributed by atoms with van der Waals surface area (Å²) >= 11 is 0. The van der Waals surface area contributed by atoms with E-state index in [9.17, 15) is 0 Å². The van der Waals surface area contributed by atoms with Crippen LogP contribution < -0.4 is 5.32 Å². The van der Waals surface area contributed by atoms with Crippen molar-refractivity contribution < 1.29 is 9.59 Å². The molecule has 0 atom stereocenters. The lowest BCUT2D eigenvalue weighted by Gasteiger charge is -2.08. The normalized spacial score (nSPS) is 8.00. The van der Waals surface area contributed by atoms with Gasteiger partial charge in [0.2, 0.25) is 12.2 Å². The molecular weight excluding hydrogens is 220 g/mol. The molecule has 0 aromatic heterocycles. The molecule has 0 aromatic rings. The second-order valence-corrected chi connectivity index (χ2v) is 3.53. The lowest BCUT2D eigenvalue weighted by molar-refractivity contribution is 0.390. The highest BCUT2D eigenvalue weighted by Crippen LogP contribution is 1.98. The Balaban J connectivity index is -0.000000273. The Labute approximate surface area is 103 Å². The zero-order valence-electron chi connectivity index (χ0n) is 11.0. The SMILES string of the molecule is CNCCCCCCN(C)C.N=C=O.N=C=O. The summed E-state index contributed by atoms with van der Waals surface area (Å²) < 4.78 is 0. The zero-order chi connectivity index (χ0) is 13.9. The van der Waals surface area contributed by atoms with Crippen molar-refractivity contribution in [1.82, 2.24) is 10.2 Å². The Morgan fingerprint density at radius 3 is 1.76 bits per heavy atom. The van der Waals surface area contributed by atoms with Crippen LogP contribution in [0, 0.1) is 10.8 Å². The van der Waals surface area contributed by atoms with Crippen LogP contribution in [0.2, 0.25) is 0 Å². The van der Waals surface area contributed by atoms with E-state index in [0.717, 1.165) is 12.2 Å². The Morgan fingerprint density at radius 1 is 1.00 bits per heavy atom. The fourth-order valence-corrected chi connectivity index (χ4v) is 1.08. The Hall–Kier alpha value is -1.32. The van der Waals surface area contributed by atoms with Gasteiger partial charge in [0.15, 0.2) is 0 Å². The first-order valence-electron chi connectivity index (χ1n) is 5.47. The van der Waals surface area contributed by atoms with Gasteiger partial charge in [-0.05, 0) is 47.1 Å². The summed E-state index contributed by atoms with van der Waals surface area (Å²) in [5.41, 5.74) is 0. The van der Waals surface area contributed by atoms with E-state index >= 15 is 0 Å². The molecule has 0 bridgehead atoms. The molecule has 0 saturated heterocycles. The molecule has 0 aromatic carbocycles. The van der Waals surface area contributed by atoms with Gasteiger partial charge in [-0.3, -0.25) is 0 Å². The predicted molar refractivity (Wildman–Crippen MR) is 67.8 cm³/mol. The highest BCUT2D eigenvalue weighted by Gasteiger charge is 1.90. The number of hydrogen-bond acceptors (Lipinski definition) is 6. The van der Waals surface area contributed by atoms with Crippen molar-refractivity contribution in [3.8, 4) is 0 Å². The summed E-state index contributed by atoms with van der Waals surface area (Å²) in [6.07, 6.45) is 6.91. The van der Waals surface area contributed by atoms with Gasteiger partial charge in [-0.15, -0.1) is 0 Å². The zero-order valence-corrected chi connectivity index (χ0v) is 11.0. The first-order chi connectivity index (χ1) is 8.10. The fourth-order valence-electron chi connectivity index (χ4n) is 1.08. The van der Waals surface area contributed by atoms with Gasteiger partial charge in [0.25, 0.3) is 0 Å². The van der Waals surface area contributed by atoms with Crippen molar-refractivity contribution in [2.45, 2.75) is 25.7 Å². The highest BCUT2D eigenvalue weighted by molar-refractivity contribution is 5.26. The quantitative estimate of drug-likeness (QED) is 0.355. The molecule has 0 aliphatic heterocycles. The monoisotopic (exact) mass is 244 g/mol. The molecule has 0 heterocycles. The number of carbonyl (C=O) groups excluding carboxylic acids is 2. The number of unbranched alkanes of at least 4 members (excludes halogenated alkanes) is 3. The standard InChI is InChI=1S/C9H22N2.2CHNO/c1-10-8-6-4-5-7-9-11(2)3;2*2-1-3/h10H,4-9H2,1-3H3;2*2H. The number of hydrogen-bond donors (Lipinski definition) is 3. The summed E-state index contributed by atoms with van der Waals surface area (Å²) in [6, 6.07) is 0. The van der Waals surface area contributed by atoms with Crippen LogP contribution in [0.5, 0.6) is 0 Å². The summed E-state index contributed by atoms with van der Waals surface area (Å²) in [7, 11) is 6.28. The van der Waals surface area contributed by atoms with Crippen LogP contribution in [0.25, 0.3) is 0 Å². The predicted octanol–water partition coefficient (Wildman–Crippen LogP) is 1.13. The van der Waals surface area contributed by atoms with E-state index in [4.69, 9.17) is 20.4 Å². The molecule has 17 heavy (non-hydrogen) atoms. The molecule has 0 unspecified atom stereocenters. The first-order valence-corrected chi connectivity index (χ1v) is 5.47. The van der Waals surface area contributed by atoms with Gasteiger partial charge in [-0.2, -0.15) is 0 Å². The van der Waals surface area contributed by atoms with Crippen LogP contribution in [0.3, 0.4) is 0 Å². The van der Waals surface area contributed by atoms with Gasteiger partial charge in [0.05, 0.1) is 0 Å². The van der Waals surface area contributed by atoms with Crippen molar-refractivity contribution in [1.29, 1.82) is 10.8 Å². The van der Waals surface area contributed by atoms with Crippen molar-refractivity contribution in [2.75, 3.05) is 34.2 Å². The van der Waals surface area contributed by atoms with Crippen LogP contribution >= 0.6 is 0 Å². The summed E-state index contributed by atoms with van der Waals surface area (Å²) in [6.45, 7) is 2.40. The minimum absolute atomic E-state index is 0.750. The second-order valence-electron chi connectivity index (χ2n) is 3.53. The Kier molecular flexibility index (Phi) is 29.8. The third-order valence-corrected chi connectivity index (χ3v) is 1.78. The van der Waals surface area contributed by atoms with Gasteiger partial charge in [-0.25, -0.2) is 20.4 Å². The van der Waals surface area contributed by atoms with E-state index < -0.39 is 0 Å². The average molecular weight is 244 g/mol. The summed E-state index contributed by atoms with van der Waals surface area (Å²) in [4.78, 5) is 18.9. The molecule has 0 aliphatic carbocycles. The first kappa shape index (κ1) is 21.0. The summed E-state index contributed by atoms with van der Waals surface area (Å²) in [5.74, 6) is 0. The van der Waals surface area contributed by atoms with Crippen molar-refractivity contribution >= 4 is 12.2 Å². The van der Waals surface area contributed by atoms with Crippen LogP contribution in [0.4, 0.5) is 0 Å². The molecule has 0 radical (unpaired) electrons. The molecule has 6 heteroatoms. The lowest BCUT2D eigenvalue weighted by Crippen LogP contribution is -2.13. The third-order valence-electron chi connectivity index (χ3n) is 1.78. The van der Waals surface area contributed by atoms with Gasteiger partial charge in [0.1, 0.15) is 0 Å². The molecule has 6 nitrogen and oxygen atoms in total. The van der Waals surface area contributed by atoms with Crippen LogP contribution in [-0.2, 0) is 9.59 Å². The largest absolute Gasteiger partial charge is 0.320 e. The minimum Gasteiger partial charge on any atom is -0.320 e. The topological polar surface area (TPSA) is 97.1 Å². The van der Waals surface area contributed by atoms with E-state index in [1.54, 1.807) is 0 Å². The fraction of sp³-hybridized carbons (Fsp3) is 0.818. The lowest BCUT2D eigenvalue weighted by atomic mass is 10.2. The Morgan fingerprint density at radius 2 is 1.41 bits per heavy atom. The van der Waals surface area contributed by atoms with Gasteiger partial charge >= 0.3 is 0 Å². The van der Waals surface area contributed by atoms with E-state index in [2.05, 4.69) is 24.3 Å². The van der Waals surface area contributed by atoms with E-state index in [1.807, 2.05) is 7.05 Å². The van der Waals surface area contributed by atoms with Crippen LogP contribution in [0.15, 0.2) is 0 Å². The van der Waals surface area contributed by atoms with Crippen molar-refractivity contribution in [2.24, 2.45) is 0 Å². The van der Waals surface area contributed by atoms with E-state index in [-0.39, 0.29) is 0 Å². The molecule has 3 N–H and O–H groups in total. The molecule has 0 aliphatic rings. The molecule has 0 fully saturated rings. The molecular formula is C11H24N4O2. The van der Waals surface area contributed by atoms with Crippen LogP contribution in [0.1, 0.15) is 25.7 Å². The third kappa shape index (κ3) is 52.9. The van der Waals surface area contributed by atoms with Crippen molar-refractivity contribution in [3.05, 3.63) is 0 Å². The maximum Gasteiger partial charge on any atom is 0.231 e. The second kappa shape index (κ2) is 24.1. The highest BCUT2D eigenvalue weighted by atomic mass is 16.1. The van der Waals surface area contributed by atoms with Crippen LogP contribution in [-0.4, -0.2) is 51.3 Å². The molecule has 0 saturated carbocycles. The van der Waals surface area contributed by atoms with Gasteiger partial charge in [-0.1, -0.05) is 12.8 Å². The molecule has 0 amide bonds. The average Bonchev–Trinajstić information content (AvgIpc) is 2.25. The van der Waals surface area contributed by atoms with E-state index in [0.29, 0.717) is 0 Å². The number of isocyanates is 2. The Bertz CT molecular complexity index is 184. The van der Waals surface area contributed by atoms with Gasteiger partial charge in [0, 0.05) is 0 Å². The number of nitrogens with zero attached hydrogens (tertiary/aromatic N) is 1. The maximum absolute atomic E-state index is 8.35. The van der Waals surface area contributed by atoms with E-state index in [1.165, 1.54) is 38.8 Å². The number of nitrogens with one attached hydrogen (secondary N) is 3. The molecule has 100 valence electrons. The summed E-state index contributed by atoms with van der Waals surface area (Å²) in [5, 5.41) is 14.0. The molecule has 0 spiro atoms. The van der Waals surface area contributed by atoms with Crippen molar-refractivity contribution in [3.63, 3.8) is 0 Å². The maximum atomic E-state index is 8.35. The smallest absolute Gasteiger partial charge is 0.231 e. The van der Waals surface area contributed by atoms with Gasteiger partial charge < -0.3 is 10.2 Å².